The molecule has 1 aliphatic rings. The van der Waals surface area contributed by atoms with Crippen LogP contribution in [0.1, 0.15) is 57.1 Å². The summed E-state index contributed by atoms with van der Waals surface area (Å²) < 4.78 is 7.54. The number of anilines is 1. The van der Waals surface area contributed by atoms with Crippen LogP contribution in [0.3, 0.4) is 0 Å². The Morgan fingerprint density at radius 1 is 1.02 bits per heavy atom. The molecule has 9 heteroatoms. The number of aromatic nitrogens is 4. The maximum Gasteiger partial charge on any atom is 0.196 e. The number of benzene rings is 1. The summed E-state index contributed by atoms with van der Waals surface area (Å²) in [5.41, 5.74) is 4.55. The SMILES string of the molecule is CN(CCN1CCCCC1)c1ccc2c(n1)sc1nc(-c3ccc(CC(=O)Cc4cc(C(C)(C)C)on4)cc3)cn12. The van der Waals surface area contributed by atoms with Gasteiger partial charge in [-0.05, 0) is 43.6 Å². The van der Waals surface area contributed by atoms with Crippen molar-refractivity contribution in [2.24, 2.45) is 0 Å². The number of nitrogens with zero attached hydrogens (tertiary/aromatic N) is 6. The number of Topliss-reactive ketones (excluding diaryl/α,β-unsaturated/α-hetero) is 1. The van der Waals surface area contributed by atoms with Crippen molar-refractivity contribution in [1.29, 1.82) is 0 Å². The number of rotatable bonds is 9. The molecule has 0 atom stereocenters. The predicted octanol–water partition coefficient (Wildman–Crippen LogP) is 6.17. The quantitative estimate of drug-likeness (QED) is 0.210. The summed E-state index contributed by atoms with van der Waals surface area (Å²) in [4.78, 5) is 29.3. The van der Waals surface area contributed by atoms with Crippen LogP contribution in [0.5, 0.6) is 0 Å². The Bertz CT molecular complexity index is 1650. The van der Waals surface area contributed by atoms with Crippen molar-refractivity contribution in [2.45, 2.75) is 58.3 Å². The number of likely N-dealkylation sites (N-methyl/N-ethyl adjacent to an activating group) is 1. The number of thiazole rings is 1. The van der Waals surface area contributed by atoms with E-state index in [1.54, 1.807) is 11.3 Å². The third-order valence-corrected chi connectivity index (χ3v) is 8.83. The molecule has 0 aliphatic carbocycles. The van der Waals surface area contributed by atoms with Crippen LogP contribution in [0.15, 0.2) is 53.2 Å². The van der Waals surface area contributed by atoms with Crippen molar-refractivity contribution in [3.8, 4) is 11.3 Å². The highest BCUT2D eigenvalue weighted by atomic mass is 32.1. The van der Waals surface area contributed by atoms with Crippen LogP contribution in [-0.2, 0) is 23.1 Å². The maximum absolute atomic E-state index is 12.7. The van der Waals surface area contributed by atoms with E-state index >= 15 is 0 Å². The van der Waals surface area contributed by atoms with E-state index in [2.05, 4.69) is 65.5 Å². The molecule has 0 radical (unpaired) electrons. The molecule has 1 saturated heterocycles. The van der Waals surface area contributed by atoms with Crippen LogP contribution >= 0.6 is 11.3 Å². The molecule has 214 valence electrons. The first-order valence-corrected chi connectivity index (χ1v) is 15.3. The van der Waals surface area contributed by atoms with E-state index in [0.29, 0.717) is 12.1 Å². The lowest BCUT2D eigenvalue weighted by Gasteiger charge is -2.28. The van der Waals surface area contributed by atoms with Crippen LogP contribution in [0, 0.1) is 0 Å². The van der Waals surface area contributed by atoms with Crippen LogP contribution in [0.4, 0.5) is 5.82 Å². The number of hydrogen-bond acceptors (Lipinski definition) is 8. The molecule has 0 N–H and O–H groups in total. The van der Waals surface area contributed by atoms with Crippen molar-refractivity contribution in [2.75, 3.05) is 38.1 Å². The lowest BCUT2D eigenvalue weighted by atomic mass is 9.93. The molecule has 0 unspecified atom stereocenters. The normalized spacial score (nSPS) is 14.7. The summed E-state index contributed by atoms with van der Waals surface area (Å²) in [5.74, 6) is 1.91. The van der Waals surface area contributed by atoms with E-state index in [1.165, 1.54) is 32.4 Å². The monoisotopic (exact) mass is 570 g/mol. The fraction of sp³-hybridized carbons (Fsp3) is 0.438. The average Bonchev–Trinajstić information content (AvgIpc) is 3.67. The van der Waals surface area contributed by atoms with Gasteiger partial charge in [0.1, 0.15) is 22.2 Å². The smallest absolute Gasteiger partial charge is 0.196 e. The standard InChI is InChI=1S/C32H38N6O2S/c1-32(2,3)28-20-24(35-40-28)19-25(39)18-22-8-10-23(11-9-22)26-21-38-27-12-13-29(34-30(27)41-31(38)33-26)36(4)16-17-37-14-6-5-7-15-37/h8-13,20-21H,5-7,14-19H2,1-4H3. The molecule has 8 nitrogen and oxygen atoms in total. The zero-order valence-electron chi connectivity index (χ0n) is 24.4. The molecule has 1 aliphatic heterocycles. The Balaban J connectivity index is 1.10. The molecule has 0 spiro atoms. The number of fused-ring (bicyclic) bond motifs is 3. The summed E-state index contributed by atoms with van der Waals surface area (Å²) in [7, 11) is 2.13. The number of imidazole rings is 1. The van der Waals surface area contributed by atoms with Gasteiger partial charge in [-0.25, -0.2) is 9.97 Å². The zero-order valence-corrected chi connectivity index (χ0v) is 25.2. The van der Waals surface area contributed by atoms with Crippen molar-refractivity contribution >= 4 is 38.2 Å². The first-order valence-electron chi connectivity index (χ1n) is 14.5. The number of pyridine rings is 1. The molecule has 5 heterocycles. The molecule has 1 fully saturated rings. The van der Waals surface area contributed by atoms with E-state index in [1.807, 2.05) is 30.3 Å². The Hall–Kier alpha value is -3.56. The first kappa shape index (κ1) is 27.6. The second-order valence-corrected chi connectivity index (χ2v) is 13.2. The largest absolute Gasteiger partial charge is 0.361 e. The molecular formula is C32H38N6O2S. The highest BCUT2D eigenvalue weighted by Gasteiger charge is 2.21. The summed E-state index contributed by atoms with van der Waals surface area (Å²) in [5, 5.41) is 4.08. The third kappa shape index (κ3) is 6.21. The summed E-state index contributed by atoms with van der Waals surface area (Å²) in [6.45, 7) is 10.7. The van der Waals surface area contributed by atoms with E-state index < -0.39 is 0 Å². The molecule has 0 amide bonds. The van der Waals surface area contributed by atoms with Crippen LogP contribution in [0.25, 0.3) is 26.6 Å². The van der Waals surface area contributed by atoms with Crippen molar-refractivity contribution in [1.82, 2.24) is 24.4 Å². The minimum atomic E-state index is -0.124. The van der Waals surface area contributed by atoms with Crippen LogP contribution in [0.2, 0.25) is 0 Å². The zero-order chi connectivity index (χ0) is 28.6. The lowest BCUT2D eigenvalue weighted by molar-refractivity contribution is -0.117. The number of likely N-dealkylation sites (tertiary alicyclic amines) is 1. The minimum absolute atomic E-state index is 0.115. The topological polar surface area (TPSA) is 79.8 Å². The van der Waals surface area contributed by atoms with Gasteiger partial charge in [0.2, 0.25) is 0 Å². The number of piperidine rings is 1. The van der Waals surface area contributed by atoms with Crippen molar-refractivity contribution < 1.29 is 9.32 Å². The van der Waals surface area contributed by atoms with Gasteiger partial charge >= 0.3 is 0 Å². The Morgan fingerprint density at radius 2 is 1.80 bits per heavy atom. The number of hydrogen-bond donors (Lipinski definition) is 0. The molecule has 5 aromatic rings. The van der Waals surface area contributed by atoms with Gasteiger partial charge in [0.05, 0.1) is 23.3 Å². The molecule has 0 bridgehead atoms. The second-order valence-electron chi connectivity index (χ2n) is 12.2. The van der Waals surface area contributed by atoms with Gasteiger partial charge in [0.15, 0.2) is 4.96 Å². The van der Waals surface area contributed by atoms with Gasteiger partial charge in [-0.2, -0.15) is 0 Å². The first-order chi connectivity index (χ1) is 19.7. The second kappa shape index (κ2) is 11.4. The Kier molecular flexibility index (Phi) is 7.66. The Labute approximate surface area is 245 Å². The van der Waals surface area contributed by atoms with Gasteiger partial charge < -0.3 is 14.3 Å². The summed E-state index contributed by atoms with van der Waals surface area (Å²) in [6, 6.07) is 14.3. The van der Waals surface area contributed by atoms with Gasteiger partial charge in [-0.3, -0.25) is 9.20 Å². The Morgan fingerprint density at radius 3 is 2.54 bits per heavy atom. The lowest BCUT2D eigenvalue weighted by Crippen LogP contribution is -2.36. The van der Waals surface area contributed by atoms with Crippen molar-refractivity contribution in [3.63, 3.8) is 0 Å². The maximum atomic E-state index is 12.7. The third-order valence-electron chi connectivity index (χ3n) is 7.87. The molecule has 41 heavy (non-hydrogen) atoms. The van der Waals surface area contributed by atoms with E-state index in [0.717, 1.165) is 56.8 Å². The van der Waals surface area contributed by atoms with Gasteiger partial charge in [-0.15, -0.1) is 0 Å². The van der Waals surface area contributed by atoms with E-state index in [-0.39, 0.29) is 17.6 Å². The number of carbonyl (C=O) groups excluding carboxylic acids is 1. The molecule has 0 saturated carbocycles. The highest BCUT2D eigenvalue weighted by Crippen LogP contribution is 2.30. The van der Waals surface area contributed by atoms with Gasteiger partial charge in [0, 0.05) is 49.8 Å². The minimum Gasteiger partial charge on any atom is -0.361 e. The number of ketones is 1. The fourth-order valence-corrected chi connectivity index (χ4v) is 6.33. The average molecular weight is 571 g/mol. The summed E-state index contributed by atoms with van der Waals surface area (Å²) in [6.07, 6.45) is 6.71. The predicted molar refractivity (Wildman–Crippen MR) is 165 cm³/mol. The highest BCUT2D eigenvalue weighted by molar-refractivity contribution is 7.23. The molecular weight excluding hydrogens is 532 g/mol. The van der Waals surface area contributed by atoms with Crippen LogP contribution < -0.4 is 4.90 Å². The summed E-state index contributed by atoms with van der Waals surface area (Å²) >= 11 is 1.62. The van der Waals surface area contributed by atoms with Gasteiger partial charge in [-0.1, -0.05) is 68.0 Å². The van der Waals surface area contributed by atoms with Gasteiger partial charge in [0.25, 0.3) is 0 Å². The fourth-order valence-electron chi connectivity index (χ4n) is 5.35. The van der Waals surface area contributed by atoms with E-state index in [4.69, 9.17) is 14.5 Å². The van der Waals surface area contributed by atoms with Crippen LogP contribution in [-0.4, -0.2) is 63.4 Å². The molecule has 4 aromatic heterocycles. The van der Waals surface area contributed by atoms with E-state index in [9.17, 15) is 4.79 Å². The van der Waals surface area contributed by atoms with Crippen molar-refractivity contribution in [3.05, 3.63) is 65.7 Å². The number of carbonyl (C=O) groups is 1. The molecule has 1 aromatic carbocycles. The molecule has 6 rings (SSSR count).